The number of ketones is 1. The predicted molar refractivity (Wildman–Crippen MR) is 83.2 cm³/mol. The van der Waals surface area contributed by atoms with E-state index in [1.807, 2.05) is 24.3 Å². The Morgan fingerprint density at radius 1 is 1.18 bits per heavy atom. The van der Waals surface area contributed by atoms with Gasteiger partial charge in [-0.3, -0.25) is 14.4 Å². The van der Waals surface area contributed by atoms with Crippen LogP contribution < -0.4 is 11.3 Å². The number of nitrogens with two attached hydrogens (primary N) is 1. The molecule has 3 rings (SSSR count). The monoisotopic (exact) mass is 313 g/mol. The van der Waals surface area contributed by atoms with Gasteiger partial charge in [0.25, 0.3) is 11.5 Å². The normalized spacial score (nSPS) is 10.7. The molecule has 0 aliphatic carbocycles. The number of amides is 1. The van der Waals surface area contributed by atoms with Gasteiger partial charge < -0.3 is 5.73 Å². The van der Waals surface area contributed by atoms with Gasteiger partial charge in [-0.2, -0.15) is 5.10 Å². The Labute approximate surface area is 128 Å². The Morgan fingerprint density at radius 3 is 2.73 bits per heavy atom. The van der Waals surface area contributed by atoms with E-state index in [4.69, 9.17) is 5.73 Å². The number of benzene rings is 1. The van der Waals surface area contributed by atoms with Crippen molar-refractivity contribution >= 4 is 33.1 Å². The molecule has 0 aliphatic heterocycles. The number of aromatic nitrogens is 2. The summed E-state index contributed by atoms with van der Waals surface area (Å²) in [6.07, 6.45) is 0. The molecule has 3 aromatic rings. The zero-order chi connectivity index (χ0) is 15.7. The number of carbonyl (C=O) groups is 2. The maximum Gasteiger partial charge on any atom is 0.269 e. The summed E-state index contributed by atoms with van der Waals surface area (Å²) in [5.41, 5.74) is 5.16. The Hall–Kier alpha value is -2.80. The summed E-state index contributed by atoms with van der Waals surface area (Å²) in [6.45, 7) is -0.235. The number of hydrogen-bond donors (Lipinski definition) is 1. The van der Waals surface area contributed by atoms with Crippen molar-refractivity contribution in [1.29, 1.82) is 0 Å². The quantitative estimate of drug-likeness (QED) is 0.737. The van der Waals surface area contributed by atoms with Crippen LogP contribution in [0.25, 0.3) is 10.1 Å². The summed E-state index contributed by atoms with van der Waals surface area (Å²) in [5, 5.41) is 6.42. The molecule has 0 unspecified atom stereocenters. The first-order valence-electron chi connectivity index (χ1n) is 6.43. The molecule has 7 heteroatoms. The molecule has 0 aliphatic rings. The topological polar surface area (TPSA) is 95.0 Å². The third kappa shape index (κ3) is 2.53. The van der Waals surface area contributed by atoms with E-state index in [1.165, 1.54) is 23.5 Å². The Morgan fingerprint density at radius 2 is 1.95 bits per heavy atom. The van der Waals surface area contributed by atoms with E-state index in [0.29, 0.717) is 5.56 Å². The fourth-order valence-electron chi connectivity index (χ4n) is 2.11. The Kier molecular flexibility index (Phi) is 3.56. The molecule has 0 bridgehead atoms. The van der Waals surface area contributed by atoms with Crippen LogP contribution in [0.4, 0.5) is 0 Å². The Bertz CT molecular complexity index is 942. The molecule has 0 saturated carbocycles. The number of hydrogen-bond acceptors (Lipinski definition) is 5. The predicted octanol–water partition coefficient (Wildman–Crippen LogP) is 1.44. The first kappa shape index (κ1) is 14.2. The number of thiophene rings is 1. The molecule has 2 aromatic heterocycles. The van der Waals surface area contributed by atoms with Gasteiger partial charge in [0.1, 0.15) is 12.2 Å². The number of fused-ring (bicyclic) bond motifs is 1. The first-order valence-corrected chi connectivity index (χ1v) is 7.31. The lowest BCUT2D eigenvalue weighted by Gasteiger charge is -2.04. The molecule has 1 aromatic carbocycles. The fraction of sp³-hybridized carbons (Fsp3) is 0.0667. The van der Waals surface area contributed by atoms with Crippen molar-refractivity contribution in [2.75, 3.05) is 0 Å². The van der Waals surface area contributed by atoms with Crippen molar-refractivity contribution in [1.82, 2.24) is 9.78 Å². The summed E-state index contributed by atoms with van der Waals surface area (Å²) in [5.74, 6) is -0.990. The lowest BCUT2D eigenvalue weighted by atomic mass is 10.1. The first-order chi connectivity index (χ1) is 10.6. The van der Waals surface area contributed by atoms with E-state index in [-0.39, 0.29) is 18.0 Å². The third-order valence-electron chi connectivity index (χ3n) is 3.19. The molecule has 0 radical (unpaired) electrons. The molecule has 2 N–H and O–H groups in total. The van der Waals surface area contributed by atoms with E-state index < -0.39 is 11.5 Å². The molecule has 1 amide bonds. The van der Waals surface area contributed by atoms with Crippen LogP contribution in [0, 0.1) is 0 Å². The lowest BCUT2D eigenvalue weighted by molar-refractivity contribution is 0.0955. The van der Waals surface area contributed by atoms with Crippen LogP contribution in [0.1, 0.15) is 20.8 Å². The molecule has 6 nitrogen and oxygen atoms in total. The highest BCUT2D eigenvalue weighted by Gasteiger charge is 2.14. The number of Topliss-reactive ketones (excluding diaryl/α,β-unsaturated/α-hetero) is 1. The van der Waals surface area contributed by atoms with Crippen LogP contribution in [-0.4, -0.2) is 21.5 Å². The molecule has 22 heavy (non-hydrogen) atoms. The minimum absolute atomic E-state index is 0.0532. The average Bonchev–Trinajstić information content (AvgIpc) is 2.93. The van der Waals surface area contributed by atoms with Gasteiger partial charge in [-0.25, -0.2) is 4.68 Å². The van der Waals surface area contributed by atoms with Gasteiger partial charge in [-0.15, -0.1) is 11.3 Å². The smallest absolute Gasteiger partial charge is 0.269 e. The zero-order valence-corrected chi connectivity index (χ0v) is 12.2. The molecular weight excluding hydrogens is 302 g/mol. The second kappa shape index (κ2) is 5.53. The standard InChI is InChI=1S/C15H11N3O3S/c16-15(21)11-5-6-14(20)18(17-11)7-12(19)10-8-22-13-4-2-1-3-9(10)13/h1-6,8H,7H2,(H2,16,21). The van der Waals surface area contributed by atoms with Gasteiger partial charge in [0.15, 0.2) is 5.78 Å². The van der Waals surface area contributed by atoms with Crippen molar-refractivity contribution < 1.29 is 9.59 Å². The van der Waals surface area contributed by atoms with E-state index in [9.17, 15) is 14.4 Å². The summed E-state index contributed by atoms with van der Waals surface area (Å²) in [4.78, 5) is 35.3. The van der Waals surface area contributed by atoms with E-state index in [1.54, 1.807) is 5.38 Å². The fourth-order valence-corrected chi connectivity index (χ4v) is 3.07. The maximum absolute atomic E-state index is 12.4. The van der Waals surface area contributed by atoms with E-state index in [2.05, 4.69) is 5.10 Å². The zero-order valence-electron chi connectivity index (χ0n) is 11.4. The summed E-state index contributed by atoms with van der Waals surface area (Å²) >= 11 is 1.46. The van der Waals surface area contributed by atoms with Crippen LogP contribution in [0.2, 0.25) is 0 Å². The summed E-state index contributed by atoms with van der Waals surface area (Å²) < 4.78 is 1.95. The Balaban J connectivity index is 1.96. The summed E-state index contributed by atoms with van der Waals surface area (Å²) in [7, 11) is 0. The lowest BCUT2D eigenvalue weighted by Crippen LogP contribution is -2.29. The second-order valence-electron chi connectivity index (χ2n) is 4.65. The van der Waals surface area contributed by atoms with Crippen LogP contribution in [0.15, 0.2) is 46.6 Å². The number of carbonyl (C=O) groups excluding carboxylic acids is 2. The largest absolute Gasteiger partial charge is 0.364 e. The van der Waals surface area contributed by atoms with Crippen molar-refractivity contribution in [3.8, 4) is 0 Å². The highest BCUT2D eigenvalue weighted by atomic mass is 32.1. The number of rotatable bonds is 4. The summed E-state index contributed by atoms with van der Waals surface area (Å²) in [6, 6.07) is 9.95. The van der Waals surface area contributed by atoms with Crippen molar-refractivity contribution in [3.05, 3.63) is 63.4 Å². The SMILES string of the molecule is NC(=O)c1ccc(=O)n(CC(=O)c2csc3ccccc23)n1. The second-order valence-corrected chi connectivity index (χ2v) is 5.56. The van der Waals surface area contributed by atoms with Crippen LogP contribution in [-0.2, 0) is 6.54 Å². The van der Waals surface area contributed by atoms with Gasteiger partial charge >= 0.3 is 0 Å². The van der Waals surface area contributed by atoms with Gasteiger partial charge in [-0.1, -0.05) is 18.2 Å². The molecule has 0 fully saturated rings. The van der Waals surface area contributed by atoms with Gasteiger partial charge in [0, 0.05) is 27.1 Å². The molecule has 110 valence electrons. The highest BCUT2D eigenvalue weighted by Crippen LogP contribution is 2.26. The minimum Gasteiger partial charge on any atom is -0.364 e. The van der Waals surface area contributed by atoms with Gasteiger partial charge in [0.05, 0.1) is 0 Å². The average molecular weight is 313 g/mol. The van der Waals surface area contributed by atoms with Gasteiger partial charge in [-0.05, 0) is 12.1 Å². The number of nitrogens with zero attached hydrogens (tertiary/aromatic N) is 2. The van der Waals surface area contributed by atoms with Crippen LogP contribution >= 0.6 is 11.3 Å². The van der Waals surface area contributed by atoms with Gasteiger partial charge in [0.2, 0.25) is 0 Å². The van der Waals surface area contributed by atoms with Crippen LogP contribution in [0.5, 0.6) is 0 Å². The van der Waals surface area contributed by atoms with Crippen molar-refractivity contribution in [2.45, 2.75) is 6.54 Å². The molecule has 2 heterocycles. The molecular formula is C15H11N3O3S. The molecule has 0 spiro atoms. The number of primary amides is 1. The van der Waals surface area contributed by atoms with Crippen molar-refractivity contribution in [2.24, 2.45) is 5.73 Å². The van der Waals surface area contributed by atoms with E-state index >= 15 is 0 Å². The van der Waals surface area contributed by atoms with Crippen molar-refractivity contribution in [3.63, 3.8) is 0 Å². The minimum atomic E-state index is -0.748. The molecule has 0 saturated heterocycles. The van der Waals surface area contributed by atoms with Crippen LogP contribution in [0.3, 0.4) is 0 Å². The molecule has 0 atom stereocenters. The van der Waals surface area contributed by atoms with E-state index in [0.717, 1.165) is 14.8 Å². The third-order valence-corrected chi connectivity index (χ3v) is 4.16. The maximum atomic E-state index is 12.4. The highest BCUT2D eigenvalue weighted by molar-refractivity contribution is 7.17.